The van der Waals surface area contributed by atoms with Crippen molar-refractivity contribution in [3.05, 3.63) is 64.7 Å². The van der Waals surface area contributed by atoms with E-state index in [2.05, 4.69) is 10.5 Å². The van der Waals surface area contributed by atoms with E-state index in [1.165, 1.54) is 0 Å². The Morgan fingerprint density at radius 3 is 2.48 bits per heavy atom. The Labute approximate surface area is 128 Å². The zero-order valence-electron chi connectivity index (χ0n) is 11.5. The molecule has 0 atom stereocenters. The highest BCUT2D eigenvalue weighted by atomic mass is 35.5. The smallest absolute Gasteiger partial charge is 0.244 e. The van der Waals surface area contributed by atoms with Crippen LogP contribution in [0.5, 0.6) is 5.75 Å². The second kappa shape index (κ2) is 7.45. The van der Waals surface area contributed by atoms with E-state index in [9.17, 15) is 4.79 Å². The molecule has 0 saturated heterocycles. The van der Waals surface area contributed by atoms with Gasteiger partial charge in [-0.3, -0.25) is 4.79 Å². The fraction of sp³-hybridized carbons (Fsp3) is 0.125. The van der Waals surface area contributed by atoms with E-state index in [4.69, 9.17) is 16.3 Å². The number of hydrogen-bond acceptors (Lipinski definition) is 3. The normalized spacial score (nSPS) is 10.6. The average Bonchev–Trinajstić information content (AvgIpc) is 2.50. The molecule has 0 radical (unpaired) electrons. The molecule has 0 saturated carbocycles. The highest BCUT2D eigenvalue weighted by molar-refractivity contribution is 6.30. The first kappa shape index (κ1) is 15.1. The van der Waals surface area contributed by atoms with Crippen LogP contribution in [0.3, 0.4) is 0 Å². The third-order valence-corrected chi connectivity index (χ3v) is 3.05. The molecular formula is C16H15ClN2O2. The molecule has 5 heteroatoms. The summed E-state index contributed by atoms with van der Waals surface area (Å²) in [6, 6.07) is 14.5. The number of halogens is 1. The first-order valence-electron chi connectivity index (χ1n) is 6.38. The number of carbonyl (C=O) groups excluding carboxylic acids is 1. The van der Waals surface area contributed by atoms with Crippen LogP contribution in [0.25, 0.3) is 0 Å². The minimum absolute atomic E-state index is 0.179. The first-order chi connectivity index (χ1) is 10.2. The predicted octanol–water partition coefficient (Wildman–Crippen LogP) is 3.04. The summed E-state index contributed by atoms with van der Waals surface area (Å²) < 4.78 is 5.06. The molecule has 0 heterocycles. The fourth-order valence-electron chi connectivity index (χ4n) is 1.70. The summed E-state index contributed by atoms with van der Waals surface area (Å²) >= 11 is 5.79. The molecule has 0 aromatic heterocycles. The minimum Gasteiger partial charge on any atom is -0.497 e. The van der Waals surface area contributed by atoms with Crippen molar-refractivity contribution in [3.63, 3.8) is 0 Å². The zero-order valence-corrected chi connectivity index (χ0v) is 12.3. The van der Waals surface area contributed by atoms with Crippen molar-refractivity contribution in [2.45, 2.75) is 6.42 Å². The summed E-state index contributed by atoms with van der Waals surface area (Å²) in [6.45, 7) is 0. The van der Waals surface area contributed by atoms with Gasteiger partial charge in [0, 0.05) is 5.02 Å². The van der Waals surface area contributed by atoms with E-state index >= 15 is 0 Å². The summed E-state index contributed by atoms with van der Waals surface area (Å²) in [5.41, 5.74) is 4.25. The molecule has 108 valence electrons. The molecule has 2 aromatic rings. The highest BCUT2D eigenvalue weighted by Gasteiger charge is 2.01. The molecule has 1 N–H and O–H groups in total. The second-order valence-corrected chi connectivity index (χ2v) is 4.81. The monoisotopic (exact) mass is 302 g/mol. The van der Waals surface area contributed by atoms with Gasteiger partial charge in [-0.1, -0.05) is 23.7 Å². The van der Waals surface area contributed by atoms with Gasteiger partial charge in [-0.25, -0.2) is 5.43 Å². The van der Waals surface area contributed by atoms with Gasteiger partial charge in [-0.2, -0.15) is 5.10 Å². The van der Waals surface area contributed by atoms with E-state index in [1.54, 1.807) is 25.5 Å². The average molecular weight is 303 g/mol. The SMILES string of the molecule is COc1ccc(/C=N/NC(=O)Cc2ccc(Cl)cc2)cc1. The van der Waals surface area contributed by atoms with Gasteiger partial charge < -0.3 is 4.74 Å². The maximum absolute atomic E-state index is 11.7. The molecule has 0 aliphatic heterocycles. The fourth-order valence-corrected chi connectivity index (χ4v) is 1.82. The summed E-state index contributed by atoms with van der Waals surface area (Å²) in [4.78, 5) is 11.7. The third kappa shape index (κ3) is 4.93. The number of methoxy groups -OCH3 is 1. The molecule has 0 bridgehead atoms. The van der Waals surface area contributed by atoms with Gasteiger partial charge >= 0.3 is 0 Å². The maximum atomic E-state index is 11.7. The Morgan fingerprint density at radius 1 is 1.19 bits per heavy atom. The van der Waals surface area contributed by atoms with E-state index in [1.807, 2.05) is 36.4 Å². The van der Waals surface area contributed by atoms with Gasteiger partial charge in [0.05, 0.1) is 19.7 Å². The first-order valence-corrected chi connectivity index (χ1v) is 6.75. The summed E-state index contributed by atoms with van der Waals surface area (Å²) in [7, 11) is 1.61. The zero-order chi connectivity index (χ0) is 15.1. The van der Waals surface area contributed by atoms with Crippen LogP contribution in [-0.4, -0.2) is 19.2 Å². The molecule has 2 aromatic carbocycles. The van der Waals surface area contributed by atoms with Gasteiger partial charge in [-0.05, 0) is 47.5 Å². The van der Waals surface area contributed by atoms with Gasteiger partial charge in [0.2, 0.25) is 5.91 Å². The molecule has 4 nitrogen and oxygen atoms in total. The highest BCUT2D eigenvalue weighted by Crippen LogP contribution is 2.10. The Balaban J connectivity index is 1.85. The summed E-state index contributed by atoms with van der Waals surface area (Å²) in [6.07, 6.45) is 1.84. The van der Waals surface area contributed by atoms with Crippen LogP contribution >= 0.6 is 11.6 Å². The van der Waals surface area contributed by atoms with E-state index in [0.717, 1.165) is 16.9 Å². The molecule has 2 rings (SSSR count). The van der Waals surface area contributed by atoms with Gasteiger partial charge in [0.15, 0.2) is 0 Å². The number of rotatable bonds is 5. The second-order valence-electron chi connectivity index (χ2n) is 4.37. The summed E-state index contributed by atoms with van der Waals surface area (Å²) in [5, 5.41) is 4.57. The molecule has 0 spiro atoms. The van der Waals surface area contributed by atoms with Crippen LogP contribution in [0.15, 0.2) is 53.6 Å². The number of hydrazone groups is 1. The Kier molecular flexibility index (Phi) is 5.35. The molecule has 0 unspecified atom stereocenters. The number of nitrogens with one attached hydrogen (secondary N) is 1. The molecule has 0 fully saturated rings. The van der Waals surface area contributed by atoms with Crippen LogP contribution in [0, 0.1) is 0 Å². The van der Waals surface area contributed by atoms with E-state index < -0.39 is 0 Å². The number of hydrogen-bond donors (Lipinski definition) is 1. The molecule has 0 aliphatic rings. The van der Waals surface area contributed by atoms with Gasteiger partial charge in [-0.15, -0.1) is 0 Å². The molecule has 0 aliphatic carbocycles. The number of amides is 1. The number of carbonyl (C=O) groups is 1. The lowest BCUT2D eigenvalue weighted by Gasteiger charge is -2.01. The van der Waals surface area contributed by atoms with Crippen LogP contribution in [0.2, 0.25) is 5.02 Å². The van der Waals surface area contributed by atoms with Gasteiger partial charge in [0.25, 0.3) is 0 Å². The van der Waals surface area contributed by atoms with Crippen molar-refractivity contribution < 1.29 is 9.53 Å². The molecule has 21 heavy (non-hydrogen) atoms. The Morgan fingerprint density at radius 2 is 1.86 bits per heavy atom. The van der Waals surface area contributed by atoms with Crippen LogP contribution in [0.1, 0.15) is 11.1 Å². The topological polar surface area (TPSA) is 50.7 Å². The lowest BCUT2D eigenvalue weighted by atomic mass is 10.1. The number of ether oxygens (including phenoxy) is 1. The van der Waals surface area contributed by atoms with Crippen molar-refractivity contribution in [1.29, 1.82) is 0 Å². The maximum Gasteiger partial charge on any atom is 0.244 e. The van der Waals surface area contributed by atoms with Crippen LogP contribution in [0.4, 0.5) is 0 Å². The van der Waals surface area contributed by atoms with Crippen molar-refractivity contribution in [3.8, 4) is 5.75 Å². The van der Waals surface area contributed by atoms with Crippen LogP contribution in [-0.2, 0) is 11.2 Å². The Hall–Kier alpha value is -2.33. The van der Waals surface area contributed by atoms with Crippen molar-refractivity contribution in [1.82, 2.24) is 5.43 Å². The van der Waals surface area contributed by atoms with Crippen molar-refractivity contribution in [2.24, 2.45) is 5.10 Å². The van der Waals surface area contributed by atoms with E-state index in [0.29, 0.717) is 5.02 Å². The minimum atomic E-state index is -0.179. The van der Waals surface area contributed by atoms with Crippen molar-refractivity contribution in [2.75, 3.05) is 7.11 Å². The standard InChI is InChI=1S/C16H15ClN2O2/c1-21-15-8-4-13(5-9-15)11-18-19-16(20)10-12-2-6-14(17)7-3-12/h2-9,11H,10H2,1H3,(H,19,20)/b18-11+. The lowest BCUT2D eigenvalue weighted by Crippen LogP contribution is -2.19. The molecule has 1 amide bonds. The van der Waals surface area contributed by atoms with Gasteiger partial charge in [0.1, 0.15) is 5.75 Å². The van der Waals surface area contributed by atoms with E-state index in [-0.39, 0.29) is 12.3 Å². The predicted molar refractivity (Wildman–Crippen MR) is 83.9 cm³/mol. The number of benzene rings is 2. The largest absolute Gasteiger partial charge is 0.497 e. The molecular weight excluding hydrogens is 288 g/mol. The third-order valence-electron chi connectivity index (χ3n) is 2.80. The van der Waals surface area contributed by atoms with Crippen molar-refractivity contribution >= 4 is 23.7 Å². The quantitative estimate of drug-likeness (QED) is 0.682. The number of nitrogens with zero attached hydrogens (tertiary/aromatic N) is 1. The summed E-state index contributed by atoms with van der Waals surface area (Å²) in [5.74, 6) is 0.598. The lowest BCUT2D eigenvalue weighted by molar-refractivity contribution is -0.120. The Bertz CT molecular complexity index is 622. The van der Waals surface area contributed by atoms with Crippen LogP contribution < -0.4 is 10.2 Å².